The average molecular weight is 217 g/mol. The van der Waals surface area contributed by atoms with Gasteiger partial charge in [-0.25, -0.2) is 0 Å². The van der Waals surface area contributed by atoms with E-state index in [1.165, 1.54) is 0 Å². The van der Waals surface area contributed by atoms with E-state index < -0.39 is 0 Å². The maximum Gasteiger partial charge on any atom is 0.00399 e. The van der Waals surface area contributed by atoms with E-state index in [2.05, 4.69) is 12.6 Å². The van der Waals surface area contributed by atoms with Gasteiger partial charge in [0.15, 0.2) is 0 Å². The second kappa shape index (κ2) is 4.15. The van der Waals surface area contributed by atoms with Crippen LogP contribution < -0.4 is 0 Å². The molecule has 0 heterocycles. The minimum absolute atomic E-state index is 0. The molecule has 1 aromatic carbocycles. The Morgan fingerprint density at radius 1 is 1.00 bits per heavy atom. The Balaban J connectivity index is 0.000000490. The molecule has 0 aromatic heterocycles. The number of hydrogen-bond acceptors (Lipinski definition) is 1. The Kier molecular flexibility index (Phi) is 4.27. The number of hydrogen-bond donors (Lipinski definition) is 1. The molecule has 0 atom stereocenters. The van der Waals surface area contributed by atoms with Gasteiger partial charge in [-0.2, -0.15) is 0 Å². The molecule has 0 aliphatic heterocycles. The van der Waals surface area contributed by atoms with Crippen molar-refractivity contribution < 1.29 is 20.4 Å². The molecule has 8 heavy (non-hydrogen) atoms. The molecule has 1 rings (SSSR count). The van der Waals surface area contributed by atoms with Crippen LogP contribution in [0.15, 0.2) is 35.2 Å². The minimum atomic E-state index is 0. The average Bonchev–Trinajstić information content (AvgIpc) is 1.69. The summed E-state index contributed by atoms with van der Waals surface area (Å²) in [5, 5.41) is 0. The molecule has 0 bridgehead atoms. The molecule has 0 saturated carbocycles. The molecule has 0 N–H and O–H groups in total. The van der Waals surface area contributed by atoms with Crippen LogP contribution in [-0.4, -0.2) is 0 Å². The van der Waals surface area contributed by atoms with Crippen LogP contribution in [0.1, 0.15) is 0 Å². The van der Waals surface area contributed by atoms with Crippen LogP contribution in [0.4, 0.5) is 0 Å². The van der Waals surface area contributed by atoms with Crippen molar-refractivity contribution in [2.24, 2.45) is 0 Å². The van der Waals surface area contributed by atoms with Crippen molar-refractivity contribution in [1.29, 1.82) is 0 Å². The number of benzene rings is 1. The Labute approximate surface area is 68.4 Å². The van der Waals surface area contributed by atoms with Gasteiger partial charge in [-0.15, -0.1) is 12.6 Å². The first-order valence-electron chi connectivity index (χ1n) is 2.13. The molecule has 0 radical (unpaired) electrons. The Morgan fingerprint density at radius 3 is 1.75 bits per heavy atom. The SMILES string of the molecule is Sc1ccccc1.[Pd]. The van der Waals surface area contributed by atoms with Gasteiger partial charge < -0.3 is 0 Å². The number of rotatable bonds is 0. The van der Waals surface area contributed by atoms with Crippen LogP contribution in [0.2, 0.25) is 0 Å². The third-order valence-electron chi connectivity index (χ3n) is 0.756. The second-order valence-electron chi connectivity index (χ2n) is 1.34. The first-order chi connectivity index (χ1) is 3.39. The molecule has 0 aliphatic carbocycles. The largest absolute Gasteiger partial charge is 0.143 e. The van der Waals surface area contributed by atoms with Gasteiger partial charge in [-0.3, -0.25) is 0 Å². The predicted molar refractivity (Wildman–Crippen MR) is 33.7 cm³/mol. The first kappa shape index (κ1) is 8.23. The van der Waals surface area contributed by atoms with Crippen molar-refractivity contribution in [2.75, 3.05) is 0 Å². The van der Waals surface area contributed by atoms with E-state index in [0.29, 0.717) is 0 Å². The summed E-state index contributed by atoms with van der Waals surface area (Å²) in [6.45, 7) is 0. The van der Waals surface area contributed by atoms with E-state index in [0.717, 1.165) is 4.90 Å². The molecule has 2 heteroatoms. The summed E-state index contributed by atoms with van der Waals surface area (Å²) >= 11 is 4.08. The van der Waals surface area contributed by atoms with Gasteiger partial charge in [0.25, 0.3) is 0 Å². The van der Waals surface area contributed by atoms with Crippen molar-refractivity contribution in [3.8, 4) is 0 Å². The van der Waals surface area contributed by atoms with E-state index >= 15 is 0 Å². The molecular weight excluding hydrogens is 211 g/mol. The summed E-state index contributed by atoms with van der Waals surface area (Å²) < 4.78 is 0. The summed E-state index contributed by atoms with van der Waals surface area (Å²) in [6, 6.07) is 9.79. The zero-order valence-corrected chi connectivity index (χ0v) is 6.60. The van der Waals surface area contributed by atoms with E-state index in [4.69, 9.17) is 0 Å². The Hall–Kier alpha value is 0.232. The predicted octanol–water partition coefficient (Wildman–Crippen LogP) is 1.97. The summed E-state index contributed by atoms with van der Waals surface area (Å²) in [6.07, 6.45) is 0. The van der Waals surface area contributed by atoms with E-state index in [-0.39, 0.29) is 20.4 Å². The molecule has 46 valence electrons. The van der Waals surface area contributed by atoms with Gasteiger partial charge in [0.05, 0.1) is 0 Å². The van der Waals surface area contributed by atoms with Crippen molar-refractivity contribution >= 4 is 12.6 Å². The fourth-order valence-corrected chi connectivity index (χ4v) is 0.600. The molecule has 1 aromatic rings. The smallest absolute Gasteiger partial charge is 0.00399 e. The van der Waals surface area contributed by atoms with Gasteiger partial charge >= 0.3 is 0 Å². The molecule has 0 saturated heterocycles. The first-order valence-corrected chi connectivity index (χ1v) is 2.58. The molecule has 0 unspecified atom stereocenters. The van der Waals surface area contributed by atoms with Crippen molar-refractivity contribution in [2.45, 2.75) is 4.90 Å². The van der Waals surface area contributed by atoms with Crippen molar-refractivity contribution in [3.63, 3.8) is 0 Å². The van der Waals surface area contributed by atoms with Crippen LogP contribution in [0, 0.1) is 0 Å². The molecule has 0 aliphatic rings. The van der Waals surface area contributed by atoms with Crippen LogP contribution in [0.3, 0.4) is 0 Å². The minimum Gasteiger partial charge on any atom is -0.143 e. The molecule has 0 nitrogen and oxygen atoms in total. The summed E-state index contributed by atoms with van der Waals surface area (Å²) in [5.41, 5.74) is 0. The zero-order valence-electron chi connectivity index (χ0n) is 4.15. The summed E-state index contributed by atoms with van der Waals surface area (Å²) in [5.74, 6) is 0. The summed E-state index contributed by atoms with van der Waals surface area (Å²) in [7, 11) is 0. The van der Waals surface area contributed by atoms with E-state index in [1.54, 1.807) is 0 Å². The standard InChI is InChI=1S/C6H6S.Pd/c7-6-4-2-1-3-5-6;/h1-5,7H;. The maximum absolute atomic E-state index is 4.08. The Bertz CT molecular complexity index is 138. The van der Waals surface area contributed by atoms with Gasteiger partial charge in [0.1, 0.15) is 0 Å². The van der Waals surface area contributed by atoms with Gasteiger partial charge in [-0.05, 0) is 12.1 Å². The van der Waals surface area contributed by atoms with Gasteiger partial charge in [-0.1, -0.05) is 18.2 Å². The second-order valence-corrected chi connectivity index (χ2v) is 1.85. The van der Waals surface area contributed by atoms with Crippen molar-refractivity contribution in [1.82, 2.24) is 0 Å². The van der Waals surface area contributed by atoms with Gasteiger partial charge in [0.2, 0.25) is 0 Å². The maximum atomic E-state index is 4.08. The third kappa shape index (κ3) is 2.52. The summed E-state index contributed by atoms with van der Waals surface area (Å²) in [4.78, 5) is 1.02. The van der Waals surface area contributed by atoms with Crippen LogP contribution in [0.25, 0.3) is 0 Å². The molecule has 0 amide bonds. The third-order valence-corrected chi connectivity index (χ3v) is 1.05. The van der Waals surface area contributed by atoms with E-state index in [9.17, 15) is 0 Å². The van der Waals surface area contributed by atoms with Crippen molar-refractivity contribution in [3.05, 3.63) is 30.3 Å². The zero-order chi connectivity index (χ0) is 5.11. The fraction of sp³-hybridized carbons (Fsp3) is 0. The fourth-order valence-electron chi connectivity index (χ4n) is 0.428. The van der Waals surface area contributed by atoms with Crippen LogP contribution >= 0.6 is 12.6 Å². The molecule has 0 spiro atoms. The van der Waals surface area contributed by atoms with Crippen LogP contribution in [0.5, 0.6) is 0 Å². The van der Waals surface area contributed by atoms with Crippen LogP contribution in [-0.2, 0) is 20.4 Å². The number of thiol groups is 1. The topological polar surface area (TPSA) is 0 Å². The normalized spacial score (nSPS) is 7.62. The molecular formula is C6H6PdS. The molecule has 0 fully saturated rings. The Morgan fingerprint density at radius 2 is 1.50 bits per heavy atom. The quantitative estimate of drug-likeness (QED) is 0.498. The van der Waals surface area contributed by atoms with E-state index in [1.807, 2.05) is 30.3 Å². The monoisotopic (exact) mass is 216 g/mol. The van der Waals surface area contributed by atoms with Gasteiger partial charge in [0, 0.05) is 25.3 Å².